The molecule has 0 radical (unpaired) electrons. The Morgan fingerprint density at radius 1 is 1.04 bits per heavy atom. The number of urea groups is 1. The normalized spacial score (nSPS) is 19.2. The van der Waals surface area contributed by atoms with Gasteiger partial charge in [-0.3, -0.25) is 9.69 Å². The maximum atomic E-state index is 12.6. The van der Waals surface area contributed by atoms with Crippen LogP contribution in [-0.4, -0.2) is 42.1 Å². The average Bonchev–Trinajstić information content (AvgIpc) is 3.11. The predicted octanol–water partition coefficient (Wildman–Crippen LogP) is 2.44. The van der Waals surface area contributed by atoms with Gasteiger partial charge in [-0.2, -0.15) is 12.7 Å². The number of carbonyl (C=O) groups excluding carboxylic acids is 2. The van der Waals surface area contributed by atoms with Crippen molar-refractivity contribution in [3.63, 3.8) is 0 Å². The molecular weight excluding hydrogens is 344 g/mol. The highest BCUT2D eigenvalue weighted by molar-refractivity contribution is 7.85. The van der Waals surface area contributed by atoms with Crippen molar-refractivity contribution in [1.29, 1.82) is 0 Å². The van der Waals surface area contributed by atoms with Crippen molar-refractivity contribution in [2.75, 3.05) is 6.54 Å². The van der Waals surface area contributed by atoms with E-state index < -0.39 is 28.8 Å². The molecule has 1 saturated heterocycles. The molecule has 0 bridgehead atoms. The Hall–Kier alpha value is -2.09. The van der Waals surface area contributed by atoms with Crippen LogP contribution in [0.1, 0.15) is 42.4 Å². The standard InChI is InChI=1S/C17H22N2O5S/c1-11-8-12(2)16(13(3)9-11)24-25(22,23)18-10-15(20)19(17(18)21)14-6-4-5-7-14/h8-9,14H,4-7,10H2,1-3H3. The lowest BCUT2D eigenvalue weighted by Crippen LogP contribution is -2.42. The van der Waals surface area contributed by atoms with E-state index in [0.29, 0.717) is 15.4 Å². The third-order valence-corrected chi connectivity index (χ3v) is 5.92. The van der Waals surface area contributed by atoms with E-state index in [1.165, 1.54) is 0 Å². The summed E-state index contributed by atoms with van der Waals surface area (Å²) in [6.07, 6.45) is 3.32. The van der Waals surface area contributed by atoms with E-state index in [9.17, 15) is 18.0 Å². The average molecular weight is 366 g/mol. The van der Waals surface area contributed by atoms with Crippen LogP contribution in [0.5, 0.6) is 5.75 Å². The van der Waals surface area contributed by atoms with Gasteiger partial charge in [0.15, 0.2) is 0 Å². The Kier molecular flexibility index (Phi) is 4.49. The third kappa shape index (κ3) is 3.22. The molecule has 3 rings (SSSR count). The fourth-order valence-corrected chi connectivity index (χ4v) is 4.75. The molecule has 2 fully saturated rings. The number of imide groups is 1. The largest absolute Gasteiger partial charge is 0.414 e. The summed E-state index contributed by atoms with van der Waals surface area (Å²) in [4.78, 5) is 25.8. The summed E-state index contributed by atoms with van der Waals surface area (Å²) in [6.45, 7) is 4.89. The Balaban J connectivity index is 1.86. The molecule has 8 heteroatoms. The Morgan fingerprint density at radius 3 is 2.16 bits per heavy atom. The Bertz CT molecular complexity index is 804. The molecule has 1 aromatic rings. The van der Waals surface area contributed by atoms with E-state index in [2.05, 4.69) is 0 Å². The van der Waals surface area contributed by atoms with Gasteiger partial charge in [0.1, 0.15) is 12.3 Å². The first-order valence-corrected chi connectivity index (χ1v) is 9.73. The van der Waals surface area contributed by atoms with Gasteiger partial charge in [-0.15, -0.1) is 0 Å². The summed E-state index contributed by atoms with van der Waals surface area (Å²) in [5.41, 5.74) is 2.30. The molecule has 1 heterocycles. The molecule has 0 atom stereocenters. The minimum atomic E-state index is -4.39. The van der Waals surface area contributed by atoms with Crippen LogP contribution in [0.3, 0.4) is 0 Å². The predicted molar refractivity (Wildman–Crippen MR) is 91.4 cm³/mol. The van der Waals surface area contributed by atoms with Crippen molar-refractivity contribution in [3.05, 3.63) is 28.8 Å². The minimum Gasteiger partial charge on any atom is -0.366 e. The van der Waals surface area contributed by atoms with Crippen molar-refractivity contribution in [1.82, 2.24) is 9.21 Å². The molecule has 25 heavy (non-hydrogen) atoms. The van der Waals surface area contributed by atoms with Gasteiger partial charge < -0.3 is 4.18 Å². The quantitative estimate of drug-likeness (QED) is 0.764. The smallest absolute Gasteiger partial charge is 0.366 e. The number of nitrogens with zero attached hydrogens (tertiary/aromatic N) is 2. The molecule has 0 unspecified atom stereocenters. The summed E-state index contributed by atoms with van der Waals surface area (Å²) in [6, 6.07) is 2.60. The van der Waals surface area contributed by atoms with Crippen LogP contribution in [-0.2, 0) is 15.1 Å². The van der Waals surface area contributed by atoms with Crippen molar-refractivity contribution in [3.8, 4) is 5.75 Å². The van der Waals surface area contributed by atoms with E-state index in [-0.39, 0.29) is 11.8 Å². The van der Waals surface area contributed by atoms with Gasteiger partial charge in [0.25, 0.3) is 5.91 Å². The topological polar surface area (TPSA) is 84.0 Å². The van der Waals surface area contributed by atoms with Gasteiger partial charge in [0, 0.05) is 6.04 Å². The summed E-state index contributed by atoms with van der Waals surface area (Å²) in [7, 11) is -4.39. The van der Waals surface area contributed by atoms with Crippen molar-refractivity contribution in [2.24, 2.45) is 0 Å². The van der Waals surface area contributed by atoms with Crippen LogP contribution in [0.15, 0.2) is 12.1 Å². The van der Waals surface area contributed by atoms with Crippen molar-refractivity contribution < 1.29 is 22.2 Å². The highest BCUT2D eigenvalue weighted by Crippen LogP contribution is 2.31. The van der Waals surface area contributed by atoms with Gasteiger partial charge in [0.05, 0.1) is 0 Å². The summed E-state index contributed by atoms with van der Waals surface area (Å²) in [5, 5.41) is 0. The number of carbonyl (C=O) groups is 2. The van der Waals surface area contributed by atoms with Gasteiger partial charge in [0.2, 0.25) is 0 Å². The molecule has 1 aliphatic heterocycles. The maximum absolute atomic E-state index is 12.6. The summed E-state index contributed by atoms with van der Waals surface area (Å²) in [5.74, 6) is -0.286. The van der Waals surface area contributed by atoms with E-state index in [1.54, 1.807) is 26.0 Å². The van der Waals surface area contributed by atoms with E-state index >= 15 is 0 Å². The zero-order chi connectivity index (χ0) is 18.4. The molecule has 0 N–H and O–H groups in total. The molecule has 1 aromatic carbocycles. The fourth-order valence-electron chi connectivity index (χ4n) is 3.64. The number of hydrogen-bond donors (Lipinski definition) is 0. The monoisotopic (exact) mass is 366 g/mol. The van der Waals surface area contributed by atoms with Crippen LogP contribution in [0, 0.1) is 20.8 Å². The SMILES string of the molecule is Cc1cc(C)c(OS(=O)(=O)N2CC(=O)N(C3CCCC3)C2=O)c(C)c1. The highest BCUT2D eigenvalue weighted by Gasteiger charge is 2.47. The lowest BCUT2D eigenvalue weighted by Gasteiger charge is -2.22. The number of hydrogen-bond acceptors (Lipinski definition) is 5. The van der Waals surface area contributed by atoms with Crippen molar-refractivity contribution in [2.45, 2.75) is 52.5 Å². The van der Waals surface area contributed by atoms with Crippen LogP contribution in [0.25, 0.3) is 0 Å². The zero-order valence-electron chi connectivity index (χ0n) is 14.6. The molecule has 3 amide bonds. The summed E-state index contributed by atoms with van der Waals surface area (Å²) < 4.78 is 31.0. The van der Waals surface area contributed by atoms with Crippen LogP contribution < -0.4 is 4.18 Å². The lowest BCUT2D eigenvalue weighted by atomic mass is 10.1. The second-order valence-corrected chi connectivity index (χ2v) is 8.22. The molecule has 2 aliphatic rings. The van der Waals surface area contributed by atoms with Crippen molar-refractivity contribution >= 4 is 22.2 Å². The van der Waals surface area contributed by atoms with E-state index in [0.717, 1.165) is 36.1 Å². The minimum absolute atomic E-state index is 0.199. The molecule has 136 valence electrons. The lowest BCUT2D eigenvalue weighted by molar-refractivity contribution is -0.126. The molecule has 7 nitrogen and oxygen atoms in total. The molecular formula is C17H22N2O5S. The maximum Gasteiger partial charge on any atom is 0.414 e. The highest BCUT2D eigenvalue weighted by atomic mass is 32.2. The second kappa shape index (κ2) is 6.33. The number of aryl methyl sites for hydroxylation is 3. The number of benzene rings is 1. The van der Waals surface area contributed by atoms with E-state index in [4.69, 9.17) is 4.18 Å². The number of rotatable bonds is 4. The van der Waals surface area contributed by atoms with Gasteiger partial charge >= 0.3 is 16.3 Å². The first kappa shape index (κ1) is 17.7. The molecule has 0 aromatic heterocycles. The Labute approximate surface area is 147 Å². The Morgan fingerprint density at radius 2 is 1.60 bits per heavy atom. The third-order valence-electron chi connectivity index (χ3n) is 4.72. The molecule has 1 saturated carbocycles. The second-order valence-electron chi connectivity index (χ2n) is 6.76. The van der Waals surface area contributed by atoms with Gasteiger partial charge in [-0.1, -0.05) is 30.5 Å². The fraction of sp³-hybridized carbons (Fsp3) is 0.529. The van der Waals surface area contributed by atoms with Crippen LogP contribution >= 0.6 is 0 Å². The van der Waals surface area contributed by atoms with Gasteiger partial charge in [-0.05, 0) is 44.7 Å². The van der Waals surface area contributed by atoms with Crippen LogP contribution in [0.2, 0.25) is 0 Å². The zero-order valence-corrected chi connectivity index (χ0v) is 15.4. The van der Waals surface area contributed by atoms with Crippen LogP contribution in [0.4, 0.5) is 4.79 Å². The van der Waals surface area contributed by atoms with Gasteiger partial charge in [-0.25, -0.2) is 4.79 Å². The first-order chi connectivity index (χ1) is 11.7. The molecule has 1 aliphatic carbocycles. The number of amides is 3. The molecule has 0 spiro atoms. The summed E-state index contributed by atoms with van der Waals surface area (Å²) >= 11 is 0. The first-order valence-electron chi connectivity index (χ1n) is 8.36. The van der Waals surface area contributed by atoms with E-state index in [1.807, 2.05) is 6.92 Å².